The first-order chi connectivity index (χ1) is 7.60. The second-order valence-corrected chi connectivity index (χ2v) is 3.38. The maximum atomic E-state index is 13.4. The van der Waals surface area contributed by atoms with Crippen LogP contribution >= 0.6 is 0 Å². The molecule has 16 heavy (non-hydrogen) atoms. The molecule has 0 saturated heterocycles. The zero-order chi connectivity index (χ0) is 12.1. The number of nitrogens with two attached hydrogens (primary N) is 1. The molecule has 0 spiro atoms. The number of hydrogen-bond donors (Lipinski definition) is 2. The Balaban J connectivity index is 2.84. The first-order valence-corrected chi connectivity index (χ1v) is 4.89. The number of benzene rings is 1. The molecule has 0 fully saturated rings. The second kappa shape index (κ2) is 5.58. The minimum atomic E-state index is -0.765. The highest BCUT2D eigenvalue weighted by molar-refractivity contribution is 5.95. The number of hydrogen-bond acceptors (Lipinski definition) is 3. The van der Waals surface area contributed by atoms with E-state index in [0.717, 1.165) is 0 Å². The van der Waals surface area contributed by atoms with Crippen LogP contribution in [-0.4, -0.2) is 25.7 Å². The summed E-state index contributed by atoms with van der Waals surface area (Å²) in [5.74, 6) is -0.918. The van der Waals surface area contributed by atoms with Gasteiger partial charge in [0, 0.05) is 13.7 Å². The number of ether oxygens (including phenoxy) is 1. The van der Waals surface area contributed by atoms with Crippen molar-refractivity contribution in [2.45, 2.75) is 13.0 Å². The summed E-state index contributed by atoms with van der Waals surface area (Å²) in [5.41, 5.74) is 6.16. The lowest BCUT2D eigenvalue weighted by atomic mass is 10.2. The topological polar surface area (TPSA) is 64.3 Å². The van der Waals surface area contributed by atoms with Crippen LogP contribution in [-0.2, 0) is 9.53 Å². The van der Waals surface area contributed by atoms with Crippen molar-refractivity contribution < 1.29 is 13.9 Å². The van der Waals surface area contributed by atoms with Crippen LogP contribution in [0.3, 0.4) is 0 Å². The first kappa shape index (κ1) is 12.6. The lowest BCUT2D eigenvalue weighted by molar-refractivity contribution is -0.125. The fourth-order valence-electron chi connectivity index (χ4n) is 1.30. The number of carbonyl (C=O) groups excluding carboxylic acids is 1. The van der Waals surface area contributed by atoms with Gasteiger partial charge in [-0.1, -0.05) is 12.1 Å². The minimum absolute atomic E-state index is 0.0514. The molecule has 1 aromatic carbocycles. The number of rotatable bonds is 4. The van der Waals surface area contributed by atoms with E-state index in [0.29, 0.717) is 5.56 Å². The Morgan fingerprint density at radius 3 is 2.81 bits per heavy atom. The summed E-state index contributed by atoms with van der Waals surface area (Å²) in [7, 11) is 1.38. The molecular weight excluding hydrogens is 211 g/mol. The summed E-state index contributed by atoms with van der Waals surface area (Å²) in [4.78, 5) is 11.6. The van der Waals surface area contributed by atoms with Crippen molar-refractivity contribution >= 4 is 11.6 Å². The molecule has 5 heteroatoms. The molecule has 0 saturated carbocycles. The highest BCUT2D eigenvalue weighted by Crippen LogP contribution is 2.18. The Hall–Kier alpha value is -1.46. The van der Waals surface area contributed by atoms with Gasteiger partial charge in [0.25, 0.3) is 5.91 Å². The monoisotopic (exact) mass is 226 g/mol. The lowest BCUT2D eigenvalue weighted by Crippen LogP contribution is -2.36. The van der Waals surface area contributed by atoms with Gasteiger partial charge < -0.3 is 15.8 Å². The van der Waals surface area contributed by atoms with E-state index in [-0.39, 0.29) is 12.2 Å². The lowest BCUT2D eigenvalue weighted by Gasteiger charge is -2.14. The van der Waals surface area contributed by atoms with Crippen LogP contribution < -0.4 is 11.1 Å². The smallest absolute Gasteiger partial charge is 0.254 e. The average Bonchev–Trinajstić information content (AvgIpc) is 2.25. The van der Waals surface area contributed by atoms with E-state index in [1.54, 1.807) is 19.1 Å². The van der Waals surface area contributed by atoms with Crippen LogP contribution in [0.1, 0.15) is 5.56 Å². The summed E-state index contributed by atoms with van der Waals surface area (Å²) in [6.07, 6.45) is -0.765. The van der Waals surface area contributed by atoms with Crippen molar-refractivity contribution in [3.8, 4) is 0 Å². The van der Waals surface area contributed by atoms with E-state index in [1.807, 2.05) is 0 Å². The van der Waals surface area contributed by atoms with E-state index in [4.69, 9.17) is 10.5 Å². The van der Waals surface area contributed by atoms with Crippen LogP contribution in [0.4, 0.5) is 10.1 Å². The molecule has 0 radical (unpaired) electrons. The van der Waals surface area contributed by atoms with E-state index in [9.17, 15) is 9.18 Å². The molecule has 0 aliphatic heterocycles. The molecule has 3 N–H and O–H groups in total. The zero-order valence-electron chi connectivity index (χ0n) is 9.29. The van der Waals surface area contributed by atoms with Crippen molar-refractivity contribution in [3.63, 3.8) is 0 Å². The Morgan fingerprint density at radius 1 is 1.62 bits per heavy atom. The quantitative estimate of drug-likeness (QED) is 0.806. The fourth-order valence-corrected chi connectivity index (χ4v) is 1.30. The van der Waals surface area contributed by atoms with E-state index in [2.05, 4.69) is 5.32 Å². The van der Waals surface area contributed by atoms with Crippen LogP contribution in [0.2, 0.25) is 0 Å². The van der Waals surface area contributed by atoms with Gasteiger partial charge in [0.05, 0.1) is 5.69 Å². The van der Waals surface area contributed by atoms with E-state index >= 15 is 0 Å². The van der Waals surface area contributed by atoms with Gasteiger partial charge in [-0.25, -0.2) is 4.39 Å². The third-order valence-corrected chi connectivity index (χ3v) is 2.26. The number of amides is 1. The molecule has 4 nitrogen and oxygen atoms in total. The molecule has 1 amide bonds. The molecule has 0 bridgehead atoms. The Kier molecular flexibility index (Phi) is 4.39. The summed E-state index contributed by atoms with van der Waals surface area (Å²) < 4.78 is 18.2. The van der Waals surface area contributed by atoms with E-state index in [1.165, 1.54) is 13.2 Å². The maximum absolute atomic E-state index is 13.4. The molecule has 88 valence electrons. The third-order valence-electron chi connectivity index (χ3n) is 2.26. The van der Waals surface area contributed by atoms with Gasteiger partial charge in [-0.3, -0.25) is 4.79 Å². The number of carbonyl (C=O) groups is 1. The average molecular weight is 226 g/mol. The van der Waals surface area contributed by atoms with Crippen LogP contribution in [0.25, 0.3) is 0 Å². The summed E-state index contributed by atoms with van der Waals surface area (Å²) >= 11 is 0. The van der Waals surface area contributed by atoms with Gasteiger partial charge >= 0.3 is 0 Å². The standard InChI is InChI=1S/C11H15FN2O2/c1-7-4-3-5-8(12)10(7)14-11(15)9(6-13)16-2/h3-5,9H,6,13H2,1-2H3,(H,14,15). The predicted molar refractivity (Wildman–Crippen MR) is 59.6 cm³/mol. The third kappa shape index (κ3) is 2.77. The minimum Gasteiger partial charge on any atom is -0.370 e. The SMILES string of the molecule is COC(CN)C(=O)Nc1c(C)cccc1F. The molecule has 0 aliphatic rings. The Bertz CT molecular complexity index is 358. The summed E-state index contributed by atoms with van der Waals surface area (Å²) in [6, 6.07) is 4.58. The van der Waals surface area contributed by atoms with Gasteiger partial charge in [0.1, 0.15) is 11.9 Å². The molecule has 1 unspecified atom stereocenters. The number of halogens is 1. The Labute approximate surface area is 93.6 Å². The second-order valence-electron chi connectivity index (χ2n) is 3.38. The Morgan fingerprint density at radius 2 is 2.31 bits per heavy atom. The molecule has 1 atom stereocenters. The van der Waals surface area contributed by atoms with Crippen LogP contribution in [0.5, 0.6) is 0 Å². The maximum Gasteiger partial charge on any atom is 0.254 e. The van der Waals surface area contributed by atoms with Crippen molar-refractivity contribution in [1.29, 1.82) is 0 Å². The van der Waals surface area contributed by atoms with Crippen LogP contribution in [0.15, 0.2) is 18.2 Å². The highest BCUT2D eigenvalue weighted by Gasteiger charge is 2.17. The van der Waals surface area contributed by atoms with Gasteiger partial charge in [-0.2, -0.15) is 0 Å². The molecule has 0 aromatic heterocycles. The summed E-state index contributed by atoms with van der Waals surface area (Å²) in [5, 5.41) is 2.46. The number of para-hydroxylation sites is 1. The normalized spacial score (nSPS) is 12.2. The number of aryl methyl sites for hydroxylation is 1. The molecule has 0 aliphatic carbocycles. The van der Waals surface area contributed by atoms with Crippen LogP contribution in [0, 0.1) is 12.7 Å². The van der Waals surface area contributed by atoms with Crippen molar-refractivity contribution in [3.05, 3.63) is 29.6 Å². The molecule has 0 heterocycles. The number of nitrogens with one attached hydrogen (secondary N) is 1. The van der Waals surface area contributed by atoms with Gasteiger partial charge in [-0.15, -0.1) is 0 Å². The van der Waals surface area contributed by atoms with Crippen molar-refractivity contribution in [2.75, 3.05) is 19.0 Å². The predicted octanol–water partition coefficient (Wildman–Crippen LogP) is 1.05. The highest BCUT2D eigenvalue weighted by atomic mass is 19.1. The van der Waals surface area contributed by atoms with Gasteiger partial charge in [0.15, 0.2) is 0 Å². The zero-order valence-corrected chi connectivity index (χ0v) is 9.29. The van der Waals surface area contributed by atoms with Gasteiger partial charge in [0.2, 0.25) is 0 Å². The van der Waals surface area contributed by atoms with Crippen molar-refractivity contribution in [1.82, 2.24) is 0 Å². The fraction of sp³-hybridized carbons (Fsp3) is 0.364. The molecule has 1 aromatic rings. The largest absolute Gasteiger partial charge is 0.370 e. The number of anilines is 1. The van der Waals surface area contributed by atoms with Gasteiger partial charge in [-0.05, 0) is 18.6 Å². The summed E-state index contributed by atoms with van der Waals surface area (Å²) in [6.45, 7) is 1.76. The molecular formula is C11H15FN2O2. The van der Waals surface area contributed by atoms with E-state index < -0.39 is 17.8 Å². The van der Waals surface area contributed by atoms with Crippen molar-refractivity contribution in [2.24, 2.45) is 5.73 Å². The number of methoxy groups -OCH3 is 1. The first-order valence-electron chi connectivity index (χ1n) is 4.89. The molecule has 1 rings (SSSR count).